The Kier molecular flexibility index (Phi) is 7.06. The van der Waals surface area contributed by atoms with Gasteiger partial charge in [0.2, 0.25) is 0 Å². The number of halogens is 1. The minimum Gasteiger partial charge on any atom is -0.872 e. The molecule has 0 aliphatic carbocycles. The molecule has 3 aromatic carbocycles. The lowest BCUT2D eigenvalue weighted by Crippen LogP contribution is -2.07. The summed E-state index contributed by atoms with van der Waals surface area (Å²) in [5, 5.41) is 13.6. The Morgan fingerprint density at radius 1 is 0.893 bits per heavy atom. The fourth-order valence-corrected chi connectivity index (χ4v) is 3.33. The van der Waals surface area contributed by atoms with E-state index in [1.165, 1.54) is 17.8 Å². The Hall–Kier alpha value is -2.82. The summed E-state index contributed by atoms with van der Waals surface area (Å²) in [6.45, 7) is 0. The van der Waals surface area contributed by atoms with Gasteiger partial charge in [-0.05, 0) is 35.9 Å². The molecule has 0 fully saturated rings. The molecule has 0 atom stereocenters. The van der Waals surface area contributed by atoms with Crippen molar-refractivity contribution in [2.24, 2.45) is 4.99 Å². The topological polar surface area (TPSA) is 52.5 Å². The van der Waals surface area contributed by atoms with E-state index in [0.717, 1.165) is 0 Å². The monoisotopic (exact) mass is 406 g/mol. The molecule has 0 radical (unpaired) electrons. The van der Waals surface area contributed by atoms with Crippen LogP contribution in [-0.2, 0) is 0 Å². The van der Waals surface area contributed by atoms with Gasteiger partial charge in [0.25, 0.3) is 0 Å². The molecule has 3 aromatic rings. The van der Waals surface area contributed by atoms with E-state index in [4.69, 9.17) is 11.6 Å². The zero-order chi connectivity index (χ0) is 19.8. The van der Waals surface area contributed by atoms with E-state index in [2.05, 4.69) is 4.99 Å². The van der Waals surface area contributed by atoms with Crippen LogP contribution in [0, 0.1) is 0 Å². The molecule has 0 aromatic heterocycles. The van der Waals surface area contributed by atoms with Crippen molar-refractivity contribution in [2.75, 3.05) is 5.75 Å². The maximum atomic E-state index is 12.6. The molecule has 0 spiro atoms. The molecular formula is C23H17ClNO2S-. The number of carbonyl (C=O) groups is 1. The summed E-state index contributed by atoms with van der Waals surface area (Å²) >= 11 is 7.16. The van der Waals surface area contributed by atoms with Crippen LogP contribution in [0.15, 0.2) is 96.0 Å². The van der Waals surface area contributed by atoms with Crippen molar-refractivity contribution in [3.05, 3.63) is 107 Å². The third kappa shape index (κ3) is 5.84. The van der Waals surface area contributed by atoms with Crippen LogP contribution < -0.4 is 5.11 Å². The molecule has 0 saturated carbocycles. The molecule has 0 bridgehead atoms. The normalized spacial score (nSPS) is 12.0. The van der Waals surface area contributed by atoms with Crippen molar-refractivity contribution in [3.8, 4) is 0 Å². The summed E-state index contributed by atoms with van der Waals surface area (Å²) < 4.78 is 0. The zero-order valence-electron chi connectivity index (χ0n) is 14.9. The number of ketones is 1. The van der Waals surface area contributed by atoms with E-state index in [-0.39, 0.29) is 17.3 Å². The summed E-state index contributed by atoms with van der Waals surface area (Å²) in [6, 6.07) is 25.0. The van der Waals surface area contributed by atoms with Gasteiger partial charge in [-0.2, -0.15) is 0 Å². The second kappa shape index (κ2) is 9.93. The van der Waals surface area contributed by atoms with Crippen molar-refractivity contribution >= 4 is 45.6 Å². The summed E-state index contributed by atoms with van der Waals surface area (Å²) in [5.74, 6) is 0.0117. The van der Waals surface area contributed by atoms with E-state index >= 15 is 0 Å². The van der Waals surface area contributed by atoms with Gasteiger partial charge in [-0.15, -0.1) is 0 Å². The van der Waals surface area contributed by atoms with Crippen molar-refractivity contribution in [1.82, 2.24) is 0 Å². The van der Waals surface area contributed by atoms with Gasteiger partial charge < -0.3 is 5.11 Å². The Bertz CT molecular complexity index is 984. The molecule has 0 aliphatic rings. The predicted molar refractivity (Wildman–Crippen MR) is 116 cm³/mol. The average Bonchev–Trinajstić information content (AvgIpc) is 2.74. The summed E-state index contributed by atoms with van der Waals surface area (Å²) in [6.07, 6.45) is 1.47. The lowest BCUT2D eigenvalue weighted by atomic mass is 10.2. The van der Waals surface area contributed by atoms with Crippen LogP contribution in [0.4, 0.5) is 5.69 Å². The number of carbonyl (C=O) groups excluding carboxylic acids is 1. The number of hydrogen-bond acceptors (Lipinski definition) is 4. The van der Waals surface area contributed by atoms with Crippen LogP contribution in [0.2, 0.25) is 5.02 Å². The SMILES string of the molecule is O=C(CSC(C=C([O-])c1ccccc1)=Nc1ccc(Cl)cc1)c1ccccc1. The van der Waals surface area contributed by atoms with Gasteiger partial charge in [0, 0.05) is 10.6 Å². The van der Waals surface area contributed by atoms with Crippen LogP contribution in [0.25, 0.3) is 5.76 Å². The molecule has 5 heteroatoms. The van der Waals surface area contributed by atoms with Crippen LogP contribution in [-0.4, -0.2) is 16.6 Å². The van der Waals surface area contributed by atoms with Gasteiger partial charge in [-0.25, -0.2) is 4.99 Å². The smallest absolute Gasteiger partial charge is 0.173 e. The van der Waals surface area contributed by atoms with E-state index in [9.17, 15) is 9.90 Å². The van der Waals surface area contributed by atoms with Crippen LogP contribution in [0.1, 0.15) is 15.9 Å². The second-order valence-electron chi connectivity index (χ2n) is 5.88. The molecule has 0 heterocycles. The van der Waals surface area contributed by atoms with Crippen molar-refractivity contribution in [3.63, 3.8) is 0 Å². The van der Waals surface area contributed by atoms with E-state index < -0.39 is 0 Å². The summed E-state index contributed by atoms with van der Waals surface area (Å²) in [4.78, 5) is 16.9. The maximum absolute atomic E-state index is 12.6. The first-order valence-electron chi connectivity index (χ1n) is 8.61. The molecule has 0 unspecified atom stereocenters. The lowest BCUT2D eigenvalue weighted by molar-refractivity contribution is -0.243. The van der Waals surface area contributed by atoms with Gasteiger partial charge in [0.05, 0.1) is 16.5 Å². The predicted octanol–water partition coefficient (Wildman–Crippen LogP) is 5.39. The Balaban J connectivity index is 1.84. The number of benzene rings is 3. The fraction of sp³-hybridized carbons (Fsp3) is 0.0435. The van der Waals surface area contributed by atoms with E-state index in [1.54, 1.807) is 48.5 Å². The highest BCUT2D eigenvalue weighted by molar-refractivity contribution is 8.14. The first kappa shape index (κ1) is 19.9. The van der Waals surface area contributed by atoms with Crippen LogP contribution >= 0.6 is 23.4 Å². The van der Waals surface area contributed by atoms with E-state index in [0.29, 0.717) is 26.9 Å². The van der Waals surface area contributed by atoms with Gasteiger partial charge in [0.1, 0.15) is 0 Å². The van der Waals surface area contributed by atoms with Crippen molar-refractivity contribution in [2.45, 2.75) is 0 Å². The number of thioether (sulfide) groups is 1. The highest BCUT2D eigenvalue weighted by atomic mass is 35.5. The number of aliphatic imine (C=N–C) groups is 1. The van der Waals surface area contributed by atoms with Crippen molar-refractivity contribution in [1.29, 1.82) is 0 Å². The summed E-state index contributed by atoms with van der Waals surface area (Å²) in [5.41, 5.74) is 1.87. The Morgan fingerprint density at radius 2 is 1.46 bits per heavy atom. The van der Waals surface area contributed by atoms with E-state index in [1.807, 2.05) is 36.4 Å². The summed E-state index contributed by atoms with van der Waals surface area (Å²) in [7, 11) is 0. The molecule has 3 nitrogen and oxygen atoms in total. The van der Waals surface area contributed by atoms with Gasteiger partial charge in [-0.3, -0.25) is 4.79 Å². The third-order valence-corrected chi connectivity index (χ3v) is 4.99. The molecular weight excluding hydrogens is 390 g/mol. The largest absolute Gasteiger partial charge is 0.872 e. The minimum atomic E-state index is -0.159. The van der Waals surface area contributed by atoms with Gasteiger partial charge in [-0.1, -0.05) is 89.8 Å². The van der Waals surface area contributed by atoms with Gasteiger partial charge in [0.15, 0.2) is 5.78 Å². The maximum Gasteiger partial charge on any atom is 0.173 e. The molecule has 0 amide bonds. The zero-order valence-corrected chi connectivity index (χ0v) is 16.5. The third-order valence-electron chi connectivity index (χ3n) is 3.83. The Morgan fingerprint density at radius 3 is 2.07 bits per heavy atom. The number of rotatable bonds is 6. The number of hydrogen-bond donors (Lipinski definition) is 0. The molecule has 140 valence electrons. The van der Waals surface area contributed by atoms with Crippen LogP contribution in [0.3, 0.4) is 0 Å². The standard InChI is InChI=1S/C23H18ClNO2S/c24-19-11-13-20(14-12-19)25-23(15-21(26)17-7-3-1-4-8-17)28-16-22(27)18-9-5-2-6-10-18/h1-15,26H,16H2/p-1. The lowest BCUT2D eigenvalue weighted by Gasteiger charge is -2.13. The Labute approximate surface area is 173 Å². The average molecular weight is 407 g/mol. The molecule has 0 saturated heterocycles. The molecule has 0 aliphatic heterocycles. The minimum absolute atomic E-state index is 0.0185. The molecule has 3 rings (SSSR count). The van der Waals surface area contributed by atoms with Crippen molar-refractivity contribution < 1.29 is 9.90 Å². The van der Waals surface area contributed by atoms with Gasteiger partial charge >= 0.3 is 0 Å². The first-order chi connectivity index (χ1) is 13.6. The highest BCUT2D eigenvalue weighted by Crippen LogP contribution is 2.21. The fourth-order valence-electron chi connectivity index (χ4n) is 2.39. The highest BCUT2D eigenvalue weighted by Gasteiger charge is 2.08. The quantitative estimate of drug-likeness (QED) is 0.239. The number of Topliss-reactive ketones (excluding diaryl/α,β-unsaturated/α-hetero) is 1. The first-order valence-corrected chi connectivity index (χ1v) is 9.97. The van der Waals surface area contributed by atoms with Crippen LogP contribution in [0.5, 0.6) is 0 Å². The number of nitrogens with zero attached hydrogens (tertiary/aromatic N) is 1. The second-order valence-corrected chi connectivity index (χ2v) is 7.31. The molecule has 28 heavy (non-hydrogen) atoms. The molecule has 0 N–H and O–H groups in total.